The Bertz CT molecular complexity index is 779. The van der Waals surface area contributed by atoms with Gasteiger partial charge >= 0.3 is 0 Å². The first-order valence-electron chi connectivity index (χ1n) is 12.6. The van der Waals surface area contributed by atoms with E-state index < -0.39 is 0 Å². The topological polar surface area (TPSA) is 66.4 Å². The lowest BCUT2D eigenvalue weighted by molar-refractivity contribution is 0.305. The molecule has 0 spiro atoms. The van der Waals surface area contributed by atoms with E-state index in [0.29, 0.717) is 5.95 Å². The van der Waals surface area contributed by atoms with Gasteiger partial charge in [-0.15, -0.1) is 0 Å². The van der Waals surface area contributed by atoms with E-state index in [4.69, 9.17) is 19.7 Å². The minimum Gasteiger partial charge on any atom is -0.494 e. The standard InChI is InChI=1S/C25H38N6O/c1-2-3-4-11-20-32-22-14-12-21(13-15-22)26-23-27-24(30-16-7-5-8-17-30)29-25(28-23)31-18-9-6-10-19-31/h12-15H,2-11,16-20H2,1H3,(H,26,27,28,29). The van der Waals surface area contributed by atoms with Gasteiger partial charge in [0.1, 0.15) is 5.75 Å². The molecule has 0 amide bonds. The van der Waals surface area contributed by atoms with Gasteiger partial charge in [0.2, 0.25) is 17.8 Å². The summed E-state index contributed by atoms with van der Waals surface area (Å²) < 4.78 is 5.87. The molecule has 1 N–H and O–H groups in total. The van der Waals surface area contributed by atoms with Gasteiger partial charge < -0.3 is 19.9 Å². The van der Waals surface area contributed by atoms with Crippen molar-refractivity contribution in [3.05, 3.63) is 24.3 Å². The van der Waals surface area contributed by atoms with Crippen LogP contribution in [0.2, 0.25) is 0 Å². The molecule has 2 aromatic rings. The Morgan fingerprint density at radius 3 is 1.91 bits per heavy atom. The summed E-state index contributed by atoms with van der Waals surface area (Å²) in [7, 11) is 0. The van der Waals surface area contributed by atoms with Crippen molar-refractivity contribution in [3.63, 3.8) is 0 Å². The largest absolute Gasteiger partial charge is 0.494 e. The minimum absolute atomic E-state index is 0.620. The van der Waals surface area contributed by atoms with E-state index in [2.05, 4.69) is 22.0 Å². The first kappa shape index (κ1) is 22.6. The highest BCUT2D eigenvalue weighted by molar-refractivity contribution is 5.57. The molecule has 1 aromatic heterocycles. The van der Waals surface area contributed by atoms with Crippen molar-refractivity contribution in [2.24, 2.45) is 0 Å². The predicted octanol–water partition coefficient (Wildman–Crippen LogP) is 5.55. The monoisotopic (exact) mass is 438 g/mol. The van der Waals surface area contributed by atoms with Crippen molar-refractivity contribution in [3.8, 4) is 5.75 Å². The van der Waals surface area contributed by atoms with E-state index in [0.717, 1.165) is 62.5 Å². The van der Waals surface area contributed by atoms with Gasteiger partial charge in [0.25, 0.3) is 0 Å². The molecule has 174 valence electrons. The molecule has 32 heavy (non-hydrogen) atoms. The fraction of sp³-hybridized carbons (Fsp3) is 0.640. The molecular formula is C25H38N6O. The van der Waals surface area contributed by atoms with Gasteiger partial charge in [-0.25, -0.2) is 0 Å². The van der Waals surface area contributed by atoms with Gasteiger partial charge in [0.15, 0.2) is 0 Å². The molecule has 0 aliphatic carbocycles. The Balaban J connectivity index is 1.44. The van der Waals surface area contributed by atoms with Crippen LogP contribution in [0.1, 0.15) is 71.1 Å². The number of rotatable bonds is 10. The molecule has 7 nitrogen and oxygen atoms in total. The van der Waals surface area contributed by atoms with Crippen LogP contribution in [0.3, 0.4) is 0 Å². The van der Waals surface area contributed by atoms with Gasteiger partial charge in [0.05, 0.1) is 6.61 Å². The zero-order valence-corrected chi connectivity index (χ0v) is 19.6. The molecule has 0 bridgehead atoms. The van der Waals surface area contributed by atoms with Crippen LogP contribution < -0.4 is 19.9 Å². The van der Waals surface area contributed by atoms with Crippen LogP contribution in [0.4, 0.5) is 23.5 Å². The number of nitrogens with one attached hydrogen (secondary N) is 1. The number of piperidine rings is 2. The molecular weight excluding hydrogens is 400 g/mol. The normalized spacial score (nSPS) is 16.8. The number of hydrogen-bond donors (Lipinski definition) is 1. The molecule has 0 saturated carbocycles. The van der Waals surface area contributed by atoms with Gasteiger partial charge in [-0.2, -0.15) is 15.0 Å². The number of benzene rings is 1. The second-order valence-electron chi connectivity index (χ2n) is 8.91. The number of ether oxygens (including phenoxy) is 1. The third-order valence-electron chi connectivity index (χ3n) is 6.27. The Labute approximate surface area is 192 Å². The summed E-state index contributed by atoms with van der Waals surface area (Å²) in [4.78, 5) is 19.0. The highest BCUT2D eigenvalue weighted by Gasteiger charge is 2.20. The summed E-state index contributed by atoms with van der Waals surface area (Å²) in [5.41, 5.74) is 0.962. The van der Waals surface area contributed by atoms with Crippen LogP contribution >= 0.6 is 0 Å². The quantitative estimate of drug-likeness (QED) is 0.487. The smallest absolute Gasteiger partial charge is 0.233 e. The fourth-order valence-electron chi connectivity index (χ4n) is 4.36. The van der Waals surface area contributed by atoms with Gasteiger partial charge in [-0.3, -0.25) is 0 Å². The Morgan fingerprint density at radius 2 is 1.34 bits per heavy atom. The van der Waals surface area contributed by atoms with Crippen molar-refractivity contribution in [2.45, 2.75) is 71.1 Å². The highest BCUT2D eigenvalue weighted by atomic mass is 16.5. The third-order valence-corrected chi connectivity index (χ3v) is 6.27. The van der Waals surface area contributed by atoms with Crippen molar-refractivity contribution in [1.29, 1.82) is 0 Å². The van der Waals surface area contributed by atoms with Gasteiger partial charge in [-0.05, 0) is 69.2 Å². The van der Waals surface area contributed by atoms with E-state index in [1.807, 2.05) is 24.3 Å². The maximum atomic E-state index is 5.87. The fourth-order valence-corrected chi connectivity index (χ4v) is 4.36. The van der Waals surface area contributed by atoms with E-state index in [-0.39, 0.29) is 0 Å². The predicted molar refractivity (Wildman–Crippen MR) is 131 cm³/mol. The SMILES string of the molecule is CCCCCCOc1ccc(Nc2nc(N3CCCCC3)nc(N3CCCCC3)n2)cc1. The van der Waals surface area contributed by atoms with Crippen molar-refractivity contribution >= 4 is 23.5 Å². The lowest BCUT2D eigenvalue weighted by Crippen LogP contribution is -2.34. The van der Waals surface area contributed by atoms with Crippen LogP contribution in [0.25, 0.3) is 0 Å². The number of unbranched alkanes of at least 4 members (excludes halogenated alkanes) is 3. The average molecular weight is 439 g/mol. The summed E-state index contributed by atoms with van der Waals surface area (Å²) >= 11 is 0. The number of aromatic nitrogens is 3. The molecule has 7 heteroatoms. The van der Waals surface area contributed by atoms with Crippen LogP contribution in [0.15, 0.2) is 24.3 Å². The van der Waals surface area contributed by atoms with Crippen molar-refractivity contribution in [2.75, 3.05) is 47.9 Å². The second kappa shape index (κ2) is 11.9. The second-order valence-corrected chi connectivity index (χ2v) is 8.91. The summed E-state index contributed by atoms with van der Waals surface area (Å²) in [6.45, 7) is 7.09. The Morgan fingerprint density at radius 1 is 0.750 bits per heavy atom. The summed E-state index contributed by atoms with van der Waals surface area (Å²) in [6.07, 6.45) is 12.2. The molecule has 3 heterocycles. The molecule has 1 aromatic carbocycles. The first-order valence-corrected chi connectivity index (χ1v) is 12.6. The molecule has 0 atom stereocenters. The lowest BCUT2D eigenvalue weighted by Gasteiger charge is -2.30. The molecule has 4 rings (SSSR count). The number of hydrogen-bond acceptors (Lipinski definition) is 7. The van der Waals surface area contributed by atoms with E-state index in [1.54, 1.807) is 0 Å². The van der Waals surface area contributed by atoms with E-state index in [1.165, 1.54) is 57.8 Å². The van der Waals surface area contributed by atoms with E-state index in [9.17, 15) is 0 Å². The Hall–Kier alpha value is -2.57. The molecule has 2 aliphatic heterocycles. The highest BCUT2D eigenvalue weighted by Crippen LogP contribution is 2.25. The molecule has 0 unspecified atom stereocenters. The maximum Gasteiger partial charge on any atom is 0.233 e. The summed E-state index contributed by atoms with van der Waals surface area (Å²) in [6, 6.07) is 8.10. The first-order chi connectivity index (χ1) is 15.8. The third kappa shape index (κ3) is 6.47. The average Bonchev–Trinajstić information content (AvgIpc) is 2.86. The number of nitrogens with zero attached hydrogens (tertiary/aromatic N) is 5. The van der Waals surface area contributed by atoms with Crippen LogP contribution in [-0.2, 0) is 0 Å². The van der Waals surface area contributed by atoms with Crippen molar-refractivity contribution in [1.82, 2.24) is 15.0 Å². The minimum atomic E-state index is 0.620. The summed E-state index contributed by atoms with van der Waals surface area (Å²) in [5, 5.41) is 3.40. The van der Waals surface area contributed by atoms with Crippen LogP contribution in [0, 0.1) is 0 Å². The number of anilines is 4. The van der Waals surface area contributed by atoms with Gasteiger partial charge in [0, 0.05) is 31.9 Å². The summed E-state index contributed by atoms with van der Waals surface area (Å²) in [5.74, 6) is 3.13. The van der Waals surface area contributed by atoms with Crippen LogP contribution in [-0.4, -0.2) is 47.7 Å². The molecule has 2 aliphatic rings. The molecule has 2 saturated heterocycles. The van der Waals surface area contributed by atoms with Gasteiger partial charge in [-0.1, -0.05) is 26.2 Å². The zero-order valence-electron chi connectivity index (χ0n) is 19.6. The zero-order chi connectivity index (χ0) is 22.0. The van der Waals surface area contributed by atoms with Crippen molar-refractivity contribution < 1.29 is 4.74 Å². The van der Waals surface area contributed by atoms with E-state index >= 15 is 0 Å². The maximum absolute atomic E-state index is 5.87. The Kier molecular flexibility index (Phi) is 8.40. The molecule has 2 fully saturated rings. The van der Waals surface area contributed by atoms with Crippen LogP contribution in [0.5, 0.6) is 5.75 Å². The lowest BCUT2D eigenvalue weighted by atomic mass is 10.1. The molecule has 0 radical (unpaired) electrons.